The van der Waals surface area contributed by atoms with E-state index in [1.807, 2.05) is 61.2 Å². The summed E-state index contributed by atoms with van der Waals surface area (Å²) in [5.41, 5.74) is 2.82. The van der Waals surface area contributed by atoms with Gasteiger partial charge in [0.2, 0.25) is 5.95 Å². The van der Waals surface area contributed by atoms with Crippen molar-refractivity contribution in [1.82, 2.24) is 30.4 Å². The lowest BCUT2D eigenvalue weighted by atomic mass is 9.94. The van der Waals surface area contributed by atoms with Crippen molar-refractivity contribution in [2.45, 2.75) is 32.7 Å². The molecule has 1 aliphatic rings. The summed E-state index contributed by atoms with van der Waals surface area (Å²) in [6.45, 7) is 8.74. The smallest absolute Gasteiger partial charge is 0.318 e. The van der Waals surface area contributed by atoms with E-state index < -0.39 is 5.54 Å². The summed E-state index contributed by atoms with van der Waals surface area (Å²) in [6, 6.07) is 18.2. The van der Waals surface area contributed by atoms with Crippen molar-refractivity contribution in [3.05, 3.63) is 65.7 Å². The molecule has 1 aliphatic heterocycles. The number of urea groups is 1. The second kappa shape index (κ2) is 8.75. The summed E-state index contributed by atoms with van der Waals surface area (Å²) in [7, 11) is 0. The van der Waals surface area contributed by atoms with Crippen LogP contribution in [0.4, 0.5) is 10.7 Å². The van der Waals surface area contributed by atoms with Gasteiger partial charge in [0.1, 0.15) is 0 Å². The molecule has 1 saturated heterocycles. The molecule has 2 heterocycles. The third-order valence-electron chi connectivity index (χ3n) is 5.78. The fraction of sp³-hybridized carbons (Fsp3) is 0.391. The number of rotatable bonds is 5. The molecule has 0 saturated carbocycles. The number of tetrazole rings is 1. The fourth-order valence-corrected chi connectivity index (χ4v) is 3.84. The first-order valence-electron chi connectivity index (χ1n) is 10.7. The zero-order valence-corrected chi connectivity index (χ0v) is 18.3. The van der Waals surface area contributed by atoms with Gasteiger partial charge in [-0.05, 0) is 54.0 Å². The molecule has 162 valence electrons. The molecule has 2 amide bonds. The van der Waals surface area contributed by atoms with E-state index in [-0.39, 0.29) is 6.03 Å². The summed E-state index contributed by atoms with van der Waals surface area (Å²) in [4.78, 5) is 16.9. The highest BCUT2D eigenvalue weighted by molar-refractivity contribution is 5.75. The van der Waals surface area contributed by atoms with Crippen LogP contribution in [0.3, 0.4) is 0 Å². The SMILES string of the molecule is CCc1cccc(-n2nnnc2N2CCN(C(=O)NC(C)(C)c3ccccc3)CC2)c1. The molecular weight excluding hydrogens is 390 g/mol. The van der Waals surface area contributed by atoms with Crippen LogP contribution in [0.1, 0.15) is 31.9 Å². The van der Waals surface area contributed by atoms with Crippen molar-refractivity contribution >= 4 is 12.0 Å². The molecule has 0 unspecified atom stereocenters. The van der Waals surface area contributed by atoms with Crippen molar-refractivity contribution in [3.8, 4) is 5.69 Å². The van der Waals surface area contributed by atoms with E-state index in [4.69, 9.17) is 0 Å². The third kappa shape index (κ3) is 4.52. The second-order valence-corrected chi connectivity index (χ2v) is 8.31. The Kier molecular flexibility index (Phi) is 5.88. The topological polar surface area (TPSA) is 79.2 Å². The molecule has 1 N–H and O–H groups in total. The van der Waals surface area contributed by atoms with E-state index in [1.54, 1.807) is 4.68 Å². The van der Waals surface area contributed by atoms with Gasteiger partial charge in [-0.15, -0.1) is 0 Å². The average molecular weight is 420 g/mol. The van der Waals surface area contributed by atoms with E-state index >= 15 is 0 Å². The maximum atomic E-state index is 12.9. The Morgan fingerprint density at radius 1 is 1.03 bits per heavy atom. The molecule has 4 rings (SSSR count). The normalized spacial score (nSPS) is 14.5. The van der Waals surface area contributed by atoms with Gasteiger partial charge in [0.05, 0.1) is 11.2 Å². The molecule has 3 aromatic rings. The molecule has 2 aromatic carbocycles. The van der Waals surface area contributed by atoms with Crippen molar-refractivity contribution < 1.29 is 4.79 Å². The molecule has 1 aromatic heterocycles. The van der Waals surface area contributed by atoms with E-state index in [1.165, 1.54) is 5.56 Å². The number of hydrogen-bond acceptors (Lipinski definition) is 5. The number of carbonyl (C=O) groups is 1. The molecule has 1 fully saturated rings. The van der Waals surface area contributed by atoms with Gasteiger partial charge in [0.15, 0.2) is 0 Å². The van der Waals surface area contributed by atoms with Gasteiger partial charge < -0.3 is 15.1 Å². The number of anilines is 1. The van der Waals surface area contributed by atoms with Crippen LogP contribution >= 0.6 is 0 Å². The first-order valence-corrected chi connectivity index (χ1v) is 10.7. The number of amides is 2. The first-order chi connectivity index (χ1) is 15.0. The number of carbonyl (C=O) groups excluding carboxylic acids is 1. The van der Waals surface area contributed by atoms with Crippen LogP contribution in [0.2, 0.25) is 0 Å². The number of benzene rings is 2. The third-order valence-corrected chi connectivity index (χ3v) is 5.78. The highest BCUT2D eigenvalue weighted by atomic mass is 16.2. The molecule has 0 radical (unpaired) electrons. The molecule has 0 aliphatic carbocycles. The molecule has 0 bridgehead atoms. The number of hydrogen-bond donors (Lipinski definition) is 1. The number of aryl methyl sites for hydroxylation is 1. The van der Waals surface area contributed by atoms with Crippen molar-refractivity contribution in [1.29, 1.82) is 0 Å². The van der Waals surface area contributed by atoms with Gasteiger partial charge >= 0.3 is 6.03 Å². The maximum Gasteiger partial charge on any atom is 0.318 e. The highest BCUT2D eigenvalue weighted by Crippen LogP contribution is 2.21. The van der Waals surface area contributed by atoms with Crippen molar-refractivity contribution in [3.63, 3.8) is 0 Å². The maximum absolute atomic E-state index is 12.9. The van der Waals surface area contributed by atoms with Crippen LogP contribution in [0.25, 0.3) is 5.69 Å². The van der Waals surface area contributed by atoms with Crippen molar-refractivity contribution in [2.24, 2.45) is 0 Å². The Hall–Kier alpha value is -3.42. The number of nitrogens with zero attached hydrogens (tertiary/aromatic N) is 6. The number of aromatic nitrogens is 4. The standard InChI is InChI=1S/C23H29N7O/c1-4-18-9-8-12-20(17-18)30-21(25-26-27-30)28-13-15-29(16-14-28)22(31)24-23(2,3)19-10-6-5-7-11-19/h5-12,17H,4,13-16H2,1-3H3,(H,24,31). The minimum Gasteiger partial charge on any atom is -0.336 e. The first kappa shape index (κ1) is 20.8. The minimum absolute atomic E-state index is 0.0521. The lowest BCUT2D eigenvalue weighted by molar-refractivity contribution is 0.183. The Bertz CT molecular complexity index is 1020. The molecule has 8 heteroatoms. The Morgan fingerprint density at radius 3 is 2.48 bits per heavy atom. The number of piperazine rings is 1. The van der Waals surface area contributed by atoms with Gasteiger partial charge in [-0.1, -0.05) is 54.5 Å². The van der Waals surface area contributed by atoms with Gasteiger partial charge in [-0.2, -0.15) is 4.68 Å². The quantitative estimate of drug-likeness (QED) is 0.688. The molecule has 31 heavy (non-hydrogen) atoms. The fourth-order valence-electron chi connectivity index (χ4n) is 3.84. The monoisotopic (exact) mass is 419 g/mol. The van der Waals surface area contributed by atoms with E-state index in [0.29, 0.717) is 32.1 Å². The van der Waals surface area contributed by atoms with Crippen LogP contribution in [0.5, 0.6) is 0 Å². The van der Waals surface area contributed by atoms with Crippen LogP contribution < -0.4 is 10.2 Å². The van der Waals surface area contributed by atoms with Crippen molar-refractivity contribution in [2.75, 3.05) is 31.1 Å². The van der Waals surface area contributed by atoms with E-state index in [2.05, 4.69) is 44.8 Å². The largest absolute Gasteiger partial charge is 0.336 e. The summed E-state index contributed by atoms with van der Waals surface area (Å²) in [5, 5.41) is 15.5. The van der Waals surface area contributed by atoms with Crippen LogP contribution in [0, 0.1) is 0 Å². The Labute approximate surface area is 182 Å². The van der Waals surface area contributed by atoms with Crippen LogP contribution in [0.15, 0.2) is 54.6 Å². The minimum atomic E-state index is -0.441. The lowest BCUT2D eigenvalue weighted by Crippen LogP contribution is -2.55. The van der Waals surface area contributed by atoms with Gasteiger partial charge in [-0.25, -0.2) is 4.79 Å². The van der Waals surface area contributed by atoms with Gasteiger partial charge in [0, 0.05) is 26.2 Å². The summed E-state index contributed by atoms with van der Waals surface area (Å²) >= 11 is 0. The lowest BCUT2D eigenvalue weighted by Gasteiger charge is -2.37. The predicted octanol–water partition coefficient (Wildman–Crippen LogP) is 2.99. The Balaban J connectivity index is 1.40. The molecule has 0 spiro atoms. The molecule has 0 atom stereocenters. The summed E-state index contributed by atoms with van der Waals surface area (Å²) in [5.74, 6) is 0.706. The van der Waals surface area contributed by atoms with Gasteiger partial charge in [0.25, 0.3) is 0 Å². The molecular formula is C23H29N7O. The molecule has 8 nitrogen and oxygen atoms in total. The predicted molar refractivity (Wildman–Crippen MR) is 120 cm³/mol. The van der Waals surface area contributed by atoms with E-state index in [9.17, 15) is 4.79 Å². The Morgan fingerprint density at radius 2 is 1.77 bits per heavy atom. The summed E-state index contributed by atoms with van der Waals surface area (Å²) in [6.07, 6.45) is 0.957. The van der Waals surface area contributed by atoms with Crippen LogP contribution in [-0.4, -0.2) is 57.3 Å². The summed E-state index contributed by atoms with van der Waals surface area (Å²) < 4.78 is 1.77. The zero-order valence-electron chi connectivity index (χ0n) is 18.3. The highest BCUT2D eigenvalue weighted by Gasteiger charge is 2.29. The number of nitrogens with one attached hydrogen (secondary N) is 1. The van der Waals surface area contributed by atoms with Crippen LogP contribution in [-0.2, 0) is 12.0 Å². The van der Waals surface area contributed by atoms with E-state index in [0.717, 1.165) is 17.7 Å². The van der Waals surface area contributed by atoms with Gasteiger partial charge in [-0.3, -0.25) is 0 Å². The average Bonchev–Trinajstić information content (AvgIpc) is 3.29. The second-order valence-electron chi connectivity index (χ2n) is 8.31. The zero-order chi connectivity index (χ0) is 21.8.